The lowest BCUT2D eigenvalue weighted by Crippen LogP contribution is -2.41. The zero-order valence-electron chi connectivity index (χ0n) is 14.7. The van der Waals surface area contributed by atoms with Crippen molar-refractivity contribution >= 4 is 28.3 Å². The number of pyridine rings is 1. The van der Waals surface area contributed by atoms with E-state index in [0.717, 1.165) is 47.5 Å². The number of benzene rings is 1. The summed E-state index contributed by atoms with van der Waals surface area (Å²) in [5.74, 6) is 0.790. The zero-order chi connectivity index (χ0) is 17.9. The number of aryl methyl sites for hydroxylation is 1. The number of aromatic nitrogens is 3. The van der Waals surface area contributed by atoms with Crippen molar-refractivity contribution in [2.24, 2.45) is 5.92 Å². The van der Waals surface area contributed by atoms with E-state index in [1.54, 1.807) is 6.20 Å². The second-order valence-electron chi connectivity index (χ2n) is 6.69. The Morgan fingerprint density at radius 2 is 2.04 bits per heavy atom. The number of anilines is 2. The summed E-state index contributed by atoms with van der Waals surface area (Å²) in [6.07, 6.45) is 3.58. The van der Waals surface area contributed by atoms with Gasteiger partial charge in [-0.15, -0.1) is 5.10 Å². The van der Waals surface area contributed by atoms with Gasteiger partial charge in [0, 0.05) is 24.7 Å². The number of para-hydroxylation sites is 1. The molecule has 1 atom stereocenters. The molecule has 0 saturated carbocycles. The van der Waals surface area contributed by atoms with Crippen molar-refractivity contribution in [1.29, 1.82) is 0 Å². The van der Waals surface area contributed by atoms with E-state index >= 15 is 0 Å². The molecule has 3 aromatic rings. The van der Waals surface area contributed by atoms with E-state index in [1.165, 1.54) is 0 Å². The minimum atomic E-state index is -0.0779. The molecule has 6 nitrogen and oxygen atoms in total. The molecule has 0 aliphatic carbocycles. The molecule has 1 aliphatic heterocycles. The van der Waals surface area contributed by atoms with Crippen LogP contribution in [-0.4, -0.2) is 34.2 Å². The lowest BCUT2D eigenvalue weighted by molar-refractivity contribution is -0.120. The average Bonchev–Trinajstić information content (AvgIpc) is 2.69. The Balaban J connectivity index is 1.50. The first kappa shape index (κ1) is 16.4. The zero-order valence-corrected chi connectivity index (χ0v) is 14.7. The van der Waals surface area contributed by atoms with Gasteiger partial charge in [-0.1, -0.05) is 18.2 Å². The monoisotopic (exact) mass is 347 g/mol. The van der Waals surface area contributed by atoms with Gasteiger partial charge in [-0.2, -0.15) is 5.10 Å². The predicted molar refractivity (Wildman–Crippen MR) is 102 cm³/mol. The molecule has 1 saturated heterocycles. The van der Waals surface area contributed by atoms with Crippen molar-refractivity contribution in [3.05, 3.63) is 54.4 Å². The van der Waals surface area contributed by atoms with Gasteiger partial charge in [0.15, 0.2) is 5.82 Å². The van der Waals surface area contributed by atoms with Gasteiger partial charge in [-0.25, -0.2) is 0 Å². The van der Waals surface area contributed by atoms with Crippen LogP contribution in [0.15, 0.2) is 48.7 Å². The van der Waals surface area contributed by atoms with E-state index < -0.39 is 0 Å². The summed E-state index contributed by atoms with van der Waals surface area (Å²) in [5.41, 5.74) is 2.48. The Kier molecular flexibility index (Phi) is 4.48. The molecule has 1 N–H and O–H groups in total. The molecule has 132 valence electrons. The van der Waals surface area contributed by atoms with Gasteiger partial charge >= 0.3 is 0 Å². The van der Waals surface area contributed by atoms with Crippen molar-refractivity contribution in [3.8, 4) is 0 Å². The van der Waals surface area contributed by atoms with Crippen molar-refractivity contribution in [3.63, 3.8) is 0 Å². The number of carbonyl (C=O) groups excluding carboxylic acids is 1. The molecule has 26 heavy (non-hydrogen) atoms. The highest BCUT2D eigenvalue weighted by Gasteiger charge is 2.27. The Labute approximate surface area is 152 Å². The predicted octanol–water partition coefficient (Wildman–Crippen LogP) is 3.19. The fraction of sp³-hybridized carbons (Fsp3) is 0.300. The average molecular weight is 347 g/mol. The van der Waals surface area contributed by atoms with Crippen LogP contribution in [-0.2, 0) is 4.79 Å². The third kappa shape index (κ3) is 3.35. The van der Waals surface area contributed by atoms with Crippen molar-refractivity contribution in [2.75, 3.05) is 23.3 Å². The van der Waals surface area contributed by atoms with Gasteiger partial charge in [-0.05, 0) is 44.0 Å². The van der Waals surface area contributed by atoms with Gasteiger partial charge in [0.2, 0.25) is 5.91 Å². The second kappa shape index (κ2) is 7.07. The summed E-state index contributed by atoms with van der Waals surface area (Å²) in [7, 11) is 0. The fourth-order valence-electron chi connectivity index (χ4n) is 3.40. The summed E-state index contributed by atoms with van der Waals surface area (Å²) in [4.78, 5) is 19.4. The molecule has 3 heterocycles. The minimum absolute atomic E-state index is 0.0351. The van der Waals surface area contributed by atoms with Crippen LogP contribution in [0.4, 0.5) is 11.5 Å². The van der Waals surface area contributed by atoms with Crippen LogP contribution < -0.4 is 10.2 Å². The van der Waals surface area contributed by atoms with Crippen LogP contribution >= 0.6 is 0 Å². The molecule has 1 unspecified atom stereocenters. The van der Waals surface area contributed by atoms with E-state index in [9.17, 15) is 4.79 Å². The van der Waals surface area contributed by atoms with E-state index in [0.29, 0.717) is 6.54 Å². The number of amides is 1. The Morgan fingerprint density at radius 1 is 1.15 bits per heavy atom. The van der Waals surface area contributed by atoms with Crippen LogP contribution in [0.3, 0.4) is 0 Å². The summed E-state index contributed by atoms with van der Waals surface area (Å²) < 4.78 is 0. The third-order valence-corrected chi connectivity index (χ3v) is 4.79. The van der Waals surface area contributed by atoms with Crippen LogP contribution in [0.1, 0.15) is 18.5 Å². The van der Waals surface area contributed by atoms with Crippen molar-refractivity contribution < 1.29 is 4.79 Å². The molecule has 6 heteroatoms. The minimum Gasteiger partial charge on any atom is -0.354 e. The maximum atomic E-state index is 12.8. The summed E-state index contributed by atoms with van der Waals surface area (Å²) in [6.45, 7) is 3.47. The SMILES string of the molecule is Cc1ccc(N2CCCC(C(=O)Nc3cccc4cccnc34)C2)nn1. The third-order valence-electron chi connectivity index (χ3n) is 4.79. The molecular formula is C20H21N5O. The highest BCUT2D eigenvalue weighted by atomic mass is 16.1. The van der Waals surface area contributed by atoms with E-state index in [4.69, 9.17) is 0 Å². The number of fused-ring (bicyclic) bond motifs is 1. The molecule has 2 aromatic heterocycles. The van der Waals surface area contributed by atoms with Gasteiger partial charge in [0.25, 0.3) is 0 Å². The van der Waals surface area contributed by atoms with Gasteiger partial charge in [0.1, 0.15) is 0 Å². The first-order chi connectivity index (χ1) is 12.7. The number of nitrogens with one attached hydrogen (secondary N) is 1. The lowest BCUT2D eigenvalue weighted by Gasteiger charge is -2.32. The Bertz CT molecular complexity index is 920. The first-order valence-electron chi connectivity index (χ1n) is 8.90. The lowest BCUT2D eigenvalue weighted by atomic mass is 9.97. The van der Waals surface area contributed by atoms with Gasteiger partial charge in [0.05, 0.1) is 22.8 Å². The van der Waals surface area contributed by atoms with Crippen molar-refractivity contribution in [1.82, 2.24) is 15.2 Å². The van der Waals surface area contributed by atoms with Gasteiger partial charge < -0.3 is 10.2 Å². The molecule has 4 rings (SSSR count). The summed E-state index contributed by atoms with van der Waals surface area (Å²) in [5, 5.41) is 12.5. The normalized spacial score (nSPS) is 17.3. The highest BCUT2D eigenvalue weighted by Crippen LogP contribution is 2.25. The topological polar surface area (TPSA) is 71.0 Å². The second-order valence-corrected chi connectivity index (χ2v) is 6.69. The highest BCUT2D eigenvalue weighted by molar-refractivity contribution is 6.01. The quantitative estimate of drug-likeness (QED) is 0.788. The number of nitrogens with zero attached hydrogens (tertiary/aromatic N) is 4. The fourth-order valence-corrected chi connectivity index (χ4v) is 3.40. The number of hydrogen-bond donors (Lipinski definition) is 1. The van der Waals surface area contributed by atoms with E-state index in [2.05, 4.69) is 25.4 Å². The standard InChI is InChI=1S/C20H21N5O/c1-14-9-10-18(24-23-14)25-12-4-7-16(13-25)20(26)22-17-8-2-5-15-6-3-11-21-19(15)17/h2-3,5-6,8-11,16H,4,7,12-13H2,1H3,(H,22,26). The van der Waals surface area contributed by atoms with Crippen LogP contribution in [0.5, 0.6) is 0 Å². The van der Waals surface area contributed by atoms with Gasteiger partial charge in [-0.3, -0.25) is 9.78 Å². The van der Waals surface area contributed by atoms with Crippen molar-refractivity contribution in [2.45, 2.75) is 19.8 Å². The molecule has 1 amide bonds. The van der Waals surface area contributed by atoms with Crippen LogP contribution in [0.25, 0.3) is 10.9 Å². The largest absolute Gasteiger partial charge is 0.354 e. The summed E-state index contributed by atoms with van der Waals surface area (Å²) >= 11 is 0. The van der Waals surface area contributed by atoms with Crippen LogP contribution in [0.2, 0.25) is 0 Å². The maximum absolute atomic E-state index is 12.8. The Morgan fingerprint density at radius 3 is 2.88 bits per heavy atom. The molecule has 0 bridgehead atoms. The maximum Gasteiger partial charge on any atom is 0.229 e. The Hall–Kier alpha value is -3.02. The molecule has 1 aromatic carbocycles. The number of hydrogen-bond acceptors (Lipinski definition) is 5. The molecule has 1 fully saturated rings. The first-order valence-corrected chi connectivity index (χ1v) is 8.90. The van der Waals surface area contributed by atoms with E-state index in [1.807, 2.05) is 49.4 Å². The van der Waals surface area contributed by atoms with E-state index in [-0.39, 0.29) is 11.8 Å². The number of rotatable bonds is 3. The number of piperidine rings is 1. The smallest absolute Gasteiger partial charge is 0.229 e. The molecular weight excluding hydrogens is 326 g/mol. The summed E-state index contributed by atoms with van der Waals surface area (Å²) in [6, 6.07) is 13.7. The molecule has 1 aliphatic rings. The molecule has 0 spiro atoms. The number of carbonyl (C=O) groups is 1. The molecule has 0 radical (unpaired) electrons. The van der Waals surface area contributed by atoms with Crippen LogP contribution in [0, 0.1) is 12.8 Å².